The Hall–Kier alpha value is -3.20. The van der Waals surface area contributed by atoms with E-state index >= 15 is 0 Å². The number of aliphatic hydroxyl groups excluding tert-OH is 1. The lowest BCUT2D eigenvalue weighted by molar-refractivity contribution is -0.224. The maximum Gasteiger partial charge on any atom is 0.253 e. The summed E-state index contributed by atoms with van der Waals surface area (Å²) in [5.41, 5.74) is -0.164. The molecule has 8 heteroatoms. The third-order valence-electron chi connectivity index (χ3n) is 11.2. The topological polar surface area (TPSA) is 115 Å². The molecule has 4 fully saturated rings. The molecular formula is C34H38N2O6. The zero-order valence-corrected chi connectivity index (χ0v) is 24.6. The van der Waals surface area contributed by atoms with Gasteiger partial charge in [-0.05, 0) is 75.7 Å². The van der Waals surface area contributed by atoms with Gasteiger partial charge in [0, 0.05) is 28.3 Å². The molecule has 1 amide bonds. The van der Waals surface area contributed by atoms with Crippen molar-refractivity contribution >= 4 is 28.4 Å². The molecule has 7 rings (SSSR count). The van der Waals surface area contributed by atoms with Crippen molar-refractivity contribution in [3.8, 4) is 0 Å². The van der Waals surface area contributed by atoms with E-state index in [0.29, 0.717) is 18.4 Å². The molecule has 0 bridgehead atoms. The Balaban J connectivity index is 1.19. The molecule has 8 nitrogen and oxygen atoms in total. The average Bonchev–Trinajstić information content (AvgIpc) is 3.36. The average molecular weight is 571 g/mol. The molecule has 5 aliphatic rings. The Labute approximate surface area is 245 Å². The van der Waals surface area contributed by atoms with Crippen LogP contribution in [0.15, 0.2) is 60.3 Å². The molecule has 8 atom stereocenters. The van der Waals surface area contributed by atoms with Gasteiger partial charge in [0.25, 0.3) is 5.91 Å². The van der Waals surface area contributed by atoms with Gasteiger partial charge in [0.1, 0.15) is 0 Å². The number of Topliss-reactive ketones (excluding diaryl/α,β-unsaturated/α-hetero) is 1. The van der Waals surface area contributed by atoms with Gasteiger partial charge in [0.05, 0.1) is 29.8 Å². The Kier molecular flexibility index (Phi) is 6.02. The largest absolute Gasteiger partial charge is 0.393 e. The van der Waals surface area contributed by atoms with E-state index in [1.165, 1.54) is 6.20 Å². The minimum absolute atomic E-state index is 0.00144. The van der Waals surface area contributed by atoms with Gasteiger partial charge < -0.3 is 19.9 Å². The monoisotopic (exact) mass is 570 g/mol. The molecule has 1 aliphatic heterocycles. The third kappa shape index (κ3) is 3.77. The zero-order valence-electron chi connectivity index (χ0n) is 24.6. The quantitative estimate of drug-likeness (QED) is 0.563. The van der Waals surface area contributed by atoms with Gasteiger partial charge in [0.15, 0.2) is 23.0 Å². The number of benzene rings is 1. The summed E-state index contributed by atoms with van der Waals surface area (Å²) in [5.74, 6) is -1.47. The van der Waals surface area contributed by atoms with Crippen LogP contribution in [0.2, 0.25) is 0 Å². The molecule has 42 heavy (non-hydrogen) atoms. The van der Waals surface area contributed by atoms with Crippen molar-refractivity contribution in [3.63, 3.8) is 0 Å². The van der Waals surface area contributed by atoms with E-state index < -0.39 is 34.4 Å². The Morgan fingerprint density at radius 3 is 2.76 bits per heavy atom. The number of ether oxygens (including phenoxy) is 2. The van der Waals surface area contributed by atoms with Crippen LogP contribution >= 0.6 is 0 Å². The van der Waals surface area contributed by atoms with E-state index in [2.05, 4.69) is 24.1 Å². The van der Waals surface area contributed by atoms with Gasteiger partial charge in [-0.3, -0.25) is 19.4 Å². The Morgan fingerprint density at radius 1 is 1.17 bits per heavy atom. The van der Waals surface area contributed by atoms with Crippen molar-refractivity contribution in [1.29, 1.82) is 0 Å². The lowest BCUT2D eigenvalue weighted by atomic mass is 9.46. The van der Waals surface area contributed by atoms with Gasteiger partial charge >= 0.3 is 0 Å². The van der Waals surface area contributed by atoms with Crippen LogP contribution in [0.3, 0.4) is 0 Å². The number of ketones is 2. The molecule has 3 saturated carbocycles. The van der Waals surface area contributed by atoms with Crippen LogP contribution in [-0.4, -0.2) is 57.7 Å². The number of hydrogen-bond acceptors (Lipinski definition) is 7. The van der Waals surface area contributed by atoms with Crippen molar-refractivity contribution in [2.45, 2.75) is 77.0 Å². The maximum atomic E-state index is 14.4. The first-order valence-electron chi connectivity index (χ1n) is 15.0. The number of aliphatic hydroxyl groups is 1. The second-order valence-electron chi connectivity index (χ2n) is 13.8. The SMILES string of the molecule is CC1(C)O[C@H]2CC3C4CCC5=CC(=O)C=CC5(C)C4[C@@H](O)CC3(C)[C@]2(C(=O)CNC(=O)c2cnc3ccccc3c2)O1. The third-order valence-corrected chi connectivity index (χ3v) is 11.2. The highest BCUT2D eigenvalue weighted by atomic mass is 16.8. The number of allylic oxidation sites excluding steroid dienone is 4. The highest BCUT2D eigenvalue weighted by molar-refractivity contribution is 6.02. The number of amides is 1. The van der Waals surface area contributed by atoms with Crippen molar-refractivity contribution < 1.29 is 29.0 Å². The molecule has 1 saturated heterocycles. The van der Waals surface area contributed by atoms with Gasteiger partial charge in [-0.25, -0.2) is 0 Å². The molecule has 2 heterocycles. The van der Waals surface area contributed by atoms with Crippen molar-refractivity contribution in [3.05, 3.63) is 65.9 Å². The highest BCUT2D eigenvalue weighted by Crippen LogP contribution is 2.70. The van der Waals surface area contributed by atoms with Crippen LogP contribution in [0.4, 0.5) is 0 Å². The number of para-hydroxylation sites is 1. The van der Waals surface area contributed by atoms with Crippen LogP contribution in [-0.2, 0) is 19.1 Å². The van der Waals surface area contributed by atoms with Gasteiger partial charge in [-0.2, -0.15) is 0 Å². The first-order valence-corrected chi connectivity index (χ1v) is 15.0. The second kappa shape index (κ2) is 9.15. The number of carbonyl (C=O) groups is 3. The van der Waals surface area contributed by atoms with E-state index in [4.69, 9.17) is 9.47 Å². The number of rotatable bonds is 4. The molecule has 0 spiro atoms. The number of carbonyl (C=O) groups excluding carboxylic acids is 3. The van der Waals surface area contributed by atoms with Crippen LogP contribution in [0.25, 0.3) is 10.9 Å². The first-order chi connectivity index (χ1) is 19.9. The van der Waals surface area contributed by atoms with E-state index in [-0.39, 0.29) is 41.8 Å². The number of pyridine rings is 1. The highest BCUT2D eigenvalue weighted by Gasteiger charge is 2.76. The Morgan fingerprint density at radius 2 is 1.95 bits per heavy atom. The number of hydrogen-bond donors (Lipinski definition) is 2. The predicted molar refractivity (Wildman–Crippen MR) is 155 cm³/mol. The molecule has 4 aliphatic carbocycles. The van der Waals surface area contributed by atoms with E-state index in [1.807, 2.05) is 44.2 Å². The van der Waals surface area contributed by atoms with Crippen molar-refractivity contribution in [2.24, 2.45) is 28.6 Å². The summed E-state index contributed by atoms with van der Waals surface area (Å²) < 4.78 is 13.1. The summed E-state index contributed by atoms with van der Waals surface area (Å²) >= 11 is 0. The molecule has 2 aromatic rings. The minimum Gasteiger partial charge on any atom is -0.393 e. The van der Waals surface area contributed by atoms with Gasteiger partial charge in [-0.15, -0.1) is 0 Å². The van der Waals surface area contributed by atoms with E-state index in [0.717, 1.165) is 29.3 Å². The van der Waals surface area contributed by atoms with Gasteiger partial charge in [-0.1, -0.05) is 43.7 Å². The summed E-state index contributed by atoms with van der Waals surface area (Å²) in [6, 6.07) is 9.33. The van der Waals surface area contributed by atoms with Crippen molar-refractivity contribution in [2.75, 3.05) is 6.54 Å². The molecular weight excluding hydrogens is 532 g/mol. The predicted octanol–water partition coefficient (Wildman–Crippen LogP) is 4.31. The van der Waals surface area contributed by atoms with Crippen molar-refractivity contribution in [1.82, 2.24) is 10.3 Å². The smallest absolute Gasteiger partial charge is 0.253 e. The summed E-state index contributed by atoms with van der Waals surface area (Å²) in [5, 5.41) is 15.5. The minimum atomic E-state index is -1.31. The van der Waals surface area contributed by atoms with Crippen LogP contribution in [0, 0.1) is 28.6 Å². The van der Waals surface area contributed by atoms with Gasteiger partial charge in [0.2, 0.25) is 0 Å². The first kappa shape index (κ1) is 27.6. The molecule has 220 valence electrons. The lowest BCUT2D eigenvalue weighted by Crippen LogP contribution is -2.64. The maximum absolute atomic E-state index is 14.4. The summed E-state index contributed by atoms with van der Waals surface area (Å²) in [6.45, 7) is 7.63. The summed E-state index contributed by atoms with van der Waals surface area (Å²) in [7, 11) is 0. The van der Waals surface area contributed by atoms with Crippen LogP contribution in [0.5, 0.6) is 0 Å². The molecule has 0 radical (unpaired) electrons. The number of fused-ring (bicyclic) bond motifs is 8. The van der Waals surface area contributed by atoms with E-state index in [1.54, 1.807) is 18.2 Å². The lowest BCUT2D eigenvalue weighted by Gasteiger charge is -2.60. The standard InChI is InChI=1S/C34H38N2O6/c1-31(2)41-28-15-24-23-10-9-21-14-22(37)11-12-32(21,3)29(23)26(38)16-33(24,4)34(28,42-31)27(39)18-36-30(40)20-13-19-7-5-6-8-25(19)35-17-20/h5-8,11-14,17,23-24,26,28-29,38H,9-10,15-16,18H2,1-4H3,(H,36,40)/t23?,24?,26-,28-,29?,32?,33?,34+/m0/s1. The zero-order chi connectivity index (χ0) is 29.7. The summed E-state index contributed by atoms with van der Waals surface area (Å²) in [6.07, 6.45) is 8.30. The number of nitrogens with zero attached hydrogens (tertiary/aromatic N) is 1. The van der Waals surface area contributed by atoms with Crippen LogP contribution in [0.1, 0.15) is 63.7 Å². The summed E-state index contributed by atoms with van der Waals surface area (Å²) in [4.78, 5) is 44.1. The molecule has 1 aromatic carbocycles. The molecule has 1 aromatic heterocycles. The number of nitrogens with one attached hydrogen (secondary N) is 1. The van der Waals surface area contributed by atoms with Crippen LogP contribution < -0.4 is 5.32 Å². The fourth-order valence-corrected chi connectivity index (χ4v) is 9.51. The van der Waals surface area contributed by atoms with E-state index in [9.17, 15) is 19.5 Å². The molecule has 2 N–H and O–H groups in total. The second-order valence-corrected chi connectivity index (χ2v) is 13.8. The fraction of sp³-hybridized carbons (Fsp3) is 0.529. The molecule has 5 unspecified atom stereocenters. The normalized spacial score (nSPS) is 39.6. The fourth-order valence-electron chi connectivity index (χ4n) is 9.51. The Bertz CT molecular complexity index is 1580. The number of aromatic nitrogens is 1.